The largest absolute Gasteiger partial charge is 0.496 e. The van der Waals surface area contributed by atoms with Crippen LogP contribution in [0.4, 0.5) is 5.69 Å². The van der Waals surface area contributed by atoms with Crippen molar-refractivity contribution >= 4 is 28.5 Å². The van der Waals surface area contributed by atoms with Crippen molar-refractivity contribution < 1.29 is 28.9 Å². The molecule has 5 aliphatic heterocycles. The maximum Gasteiger partial charge on any atom is 0.344 e. The lowest BCUT2D eigenvalue weighted by Gasteiger charge is -2.63. The molecule has 1 unspecified atom stereocenters. The lowest BCUT2D eigenvalue weighted by atomic mass is 9.47. The zero-order valence-corrected chi connectivity index (χ0v) is 32.7. The number of hydrogen-bond acceptors (Lipinski definition) is 9. The van der Waals surface area contributed by atoms with Gasteiger partial charge in [0.15, 0.2) is 6.10 Å². The van der Waals surface area contributed by atoms with Crippen LogP contribution in [0.3, 0.4) is 0 Å². The average Bonchev–Trinajstić information content (AvgIpc) is 3.84. The molecule has 2 bridgehead atoms. The number of piperidine rings is 1. The van der Waals surface area contributed by atoms with Crippen molar-refractivity contribution in [3.8, 4) is 5.75 Å². The van der Waals surface area contributed by atoms with Gasteiger partial charge in [-0.25, -0.2) is 4.79 Å². The molecule has 6 heterocycles. The molecule has 2 aromatic carbocycles. The van der Waals surface area contributed by atoms with Crippen LogP contribution in [0.25, 0.3) is 10.9 Å². The Morgan fingerprint density at radius 3 is 2.61 bits per heavy atom. The van der Waals surface area contributed by atoms with Crippen LogP contribution >= 0.6 is 0 Å². The Morgan fingerprint density at radius 1 is 1.06 bits per heavy atom. The molecule has 0 amide bonds. The predicted octanol–water partition coefficient (Wildman–Crippen LogP) is 5.55. The monoisotopic (exact) mass is 736 g/mol. The van der Waals surface area contributed by atoms with E-state index in [0.717, 1.165) is 74.6 Å². The van der Waals surface area contributed by atoms with Gasteiger partial charge in [-0.15, -0.1) is 0 Å². The van der Waals surface area contributed by atoms with Crippen molar-refractivity contribution in [2.24, 2.45) is 17.3 Å². The number of rotatable bonds is 6. The van der Waals surface area contributed by atoms with Gasteiger partial charge >= 0.3 is 11.9 Å². The van der Waals surface area contributed by atoms with E-state index in [0.29, 0.717) is 18.3 Å². The maximum atomic E-state index is 14.3. The number of nitrogens with zero attached hydrogens (tertiary/aromatic N) is 3. The Balaban J connectivity index is 1.29. The van der Waals surface area contributed by atoms with Crippen LogP contribution < -0.4 is 9.64 Å². The second-order valence-corrected chi connectivity index (χ2v) is 17.2. The molecule has 1 spiro atoms. The summed E-state index contributed by atoms with van der Waals surface area (Å²) in [7, 11) is 5.04. The van der Waals surface area contributed by atoms with Gasteiger partial charge in [0.2, 0.25) is 5.60 Å². The minimum atomic E-state index is -2.16. The quantitative estimate of drug-likeness (QED) is 0.249. The van der Waals surface area contributed by atoms with Crippen LogP contribution in [0, 0.1) is 17.3 Å². The number of methoxy groups -OCH3 is 2. The number of aromatic nitrogens is 1. The SMILES string of the molecule is CC[C@@H]1C[C@H]2C[C@H](c3cc4c(cc3OC)N(C)[C@@H]3[C@](O)(C(=O)OC)[C@H](OC(C)=O)[C@]5(CC)C=CCN6CC[C@@]43[C@@H]65)c3[nH]c4ccccc4c3CCN(C1)C2. The van der Waals surface area contributed by atoms with E-state index in [1.165, 1.54) is 49.0 Å². The zero-order valence-electron chi connectivity index (χ0n) is 32.7. The van der Waals surface area contributed by atoms with Crippen LogP contribution in [-0.2, 0) is 30.9 Å². The van der Waals surface area contributed by atoms with Gasteiger partial charge in [-0.2, -0.15) is 0 Å². The first-order valence-electron chi connectivity index (χ1n) is 20.2. The van der Waals surface area contributed by atoms with Crippen molar-refractivity contribution in [2.45, 2.75) is 94.4 Å². The van der Waals surface area contributed by atoms with Crippen LogP contribution in [-0.4, -0.2) is 110 Å². The smallest absolute Gasteiger partial charge is 0.344 e. The third-order valence-corrected chi connectivity index (χ3v) is 14.9. The second kappa shape index (κ2) is 12.8. The summed E-state index contributed by atoms with van der Waals surface area (Å²) in [6.07, 6.45) is 8.78. The number of para-hydroxylation sites is 1. The number of anilines is 1. The highest BCUT2D eigenvalue weighted by atomic mass is 16.6. The predicted molar refractivity (Wildman–Crippen MR) is 208 cm³/mol. The van der Waals surface area contributed by atoms with Crippen LogP contribution in [0.15, 0.2) is 48.6 Å². The fourth-order valence-corrected chi connectivity index (χ4v) is 12.9. The number of carbonyl (C=O) groups excluding carboxylic acids is 2. The van der Waals surface area contributed by atoms with Gasteiger partial charge in [0.1, 0.15) is 5.75 Å². The van der Waals surface area contributed by atoms with Gasteiger partial charge in [0.05, 0.1) is 20.3 Å². The third-order valence-electron chi connectivity index (χ3n) is 14.9. The first-order valence-corrected chi connectivity index (χ1v) is 20.2. The summed E-state index contributed by atoms with van der Waals surface area (Å²) >= 11 is 0. The van der Waals surface area contributed by atoms with Crippen molar-refractivity contribution in [3.05, 3.63) is 70.9 Å². The van der Waals surface area contributed by atoms with Crippen molar-refractivity contribution in [1.82, 2.24) is 14.8 Å². The van der Waals surface area contributed by atoms with E-state index in [1.807, 2.05) is 7.05 Å². The summed E-state index contributed by atoms with van der Waals surface area (Å²) in [6.45, 7) is 10.6. The molecule has 10 nitrogen and oxygen atoms in total. The normalized spacial score (nSPS) is 36.6. The molecule has 0 radical (unpaired) electrons. The van der Waals surface area contributed by atoms with Crippen molar-refractivity contribution in [2.75, 3.05) is 58.9 Å². The van der Waals surface area contributed by atoms with E-state index in [1.54, 1.807) is 7.11 Å². The molecule has 2 saturated heterocycles. The fourth-order valence-electron chi connectivity index (χ4n) is 12.9. The highest BCUT2D eigenvalue weighted by molar-refractivity contribution is 5.88. The standard InChI is InChI=1S/C44H56N4O6/c1-7-27-20-28-21-32(37-30(14-18-47(24-27)25-28)29-12-9-10-13-34(29)45-37)31-22-33-35(23-36(31)52-5)46(4)39-43(33)16-19-48-17-11-15-42(8-2,38(43)48)40(54-26(3)49)44(39,51)41(50)53-6/h9-13,15,22-23,27-28,32,38-40,45,51H,7-8,14,16-21,24-25H2,1-6H3/t27-,28+,32-,38+,39+,40-,42-,43+,44-/m1/s1. The van der Waals surface area contributed by atoms with E-state index in [2.05, 4.69) is 82.1 Å². The van der Waals surface area contributed by atoms with Crippen LogP contribution in [0.1, 0.15) is 81.2 Å². The van der Waals surface area contributed by atoms with E-state index in [-0.39, 0.29) is 12.0 Å². The van der Waals surface area contributed by atoms with Gasteiger partial charge in [0.25, 0.3) is 0 Å². The highest BCUT2D eigenvalue weighted by Gasteiger charge is 2.80. The number of H-pyrrole nitrogens is 1. The van der Waals surface area contributed by atoms with Gasteiger partial charge in [-0.05, 0) is 73.7 Å². The lowest BCUT2D eigenvalue weighted by molar-refractivity contribution is -0.228. The molecule has 3 aromatic rings. The number of benzene rings is 2. The second-order valence-electron chi connectivity index (χ2n) is 17.2. The lowest BCUT2D eigenvalue weighted by Crippen LogP contribution is -2.81. The molecule has 1 aromatic heterocycles. The highest BCUT2D eigenvalue weighted by Crippen LogP contribution is 2.68. The van der Waals surface area contributed by atoms with Crippen molar-refractivity contribution in [3.63, 3.8) is 0 Å². The van der Waals surface area contributed by atoms with Gasteiger partial charge < -0.3 is 34.1 Å². The summed E-state index contributed by atoms with van der Waals surface area (Å²) in [5.41, 5.74) is 3.37. The molecule has 6 aliphatic rings. The molecule has 10 heteroatoms. The van der Waals surface area contributed by atoms with Crippen LogP contribution in [0.2, 0.25) is 0 Å². The molecular formula is C44H56N4O6. The van der Waals surface area contributed by atoms with Gasteiger partial charge in [-0.3, -0.25) is 9.69 Å². The molecule has 1 saturated carbocycles. The molecule has 3 fully saturated rings. The number of likely N-dealkylation sites (N-methyl/N-ethyl adjacent to an activating group) is 1. The van der Waals surface area contributed by atoms with Crippen LogP contribution in [0.5, 0.6) is 5.75 Å². The summed E-state index contributed by atoms with van der Waals surface area (Å²) in [5, 5.41) is 14.5. The first-order chi connectivity index (χ1) is 26.0. The summed E-state index contributed by atoms with van der Waals surface area (Å²) < 4.78 is 18.0. The minimum Gasteiger partial charge on any atom is -0.496 e. The number of carbonyl (C=O) groups is 2. The molecule has 9 rings (SSSR count). The molecular weight excluding hydrogens is 681 g/mol. The van der Waals surface area contributed by atoms with Gasteiger partial charge in [-0.1, -0.05) is 50.6 Å². The molecule has 2 N–H and O–H groups in total. The number of nitrogens with one attached hydrogen (secondary N) is 1. The zero-order chi connectivity index (χ0) is 37.7. The number of aromatic amines is 1. The first kappa shape index (κ1) is 35.8. The van der Waals surface area contributed by atoms with E-state index in [9.17, 15) is 14.7 Å². The summed E-state index contributed by atoms with van der Waals surface area (Å²) in [6, 6.07) is 12.4. The fraction of sp³-hybridized carbons (Fsp3) is 0.591. The molecule has 54 heavy (non-hydrogen) atoms. The summed E-state index contributed by atoms with van der Waals surface area (Å²) in [4.78, 5) is 38.4. The van der Waals surface area contributed by atoms with E-state index >= 15 is 0 Å². The van der Waals surface area contributed by atoms with Gasteiger partial charge in [0, 0.05) is 96.9 Å². The number of hydrogen-bond donors (Lipinski definition) is 2. The van der Waals surface area contributed by atoms with E-state index < -0.39 is 40.5 Å². The Bertz CT molecular complexity index is 2030. The Kier molecular flexibility index (Phi) is 8.52. The number of aliphatic hydroxyl groups is 1. The molecule has 288 valence electrons. The maximum absolute atomic E-state index is 14.3. The minimum absolute atomic E-state index is 0.0468. The Hall–Kier alpha value is -3.86. The average molecular weight is 737 g/mol. The topological polar surface area (TPSA) is 108 Å². The van der Waals surface area contributed by atoms with Crippen molar-refractivity contribution in [1.29, 1.82) is 0 Å². The number of fused-ring (bicyclic) bond motifs is 6. The van der Waals surface area contributed by atoms with E-state index in [4.69, 9.17) is 14.2 Å². The molecule has 1 aliphatic carbocycles. The Morgan fingerprint density at radius 2 is 1.87 bits per heavy atom. The summed E-state index contributed by atoms with van der Waals surface area (Å²) in [5.74, 6) is 0.754. The Labute approximate surface area is 318 Å². The third kappa shape index (κ3) is 4.75. The number of esters is 2. The molecule has 10 atom stereocenters. The number of ether oxygens (including phenoxy) is 3.